The second-order valence-electron chi connectivity index (χ2n) is 7.78. The summed E-state index contributed by atoms with van der Waals surface area (Å²) < 4.78 is 10.7. The number of benzene rings is 1. The average Bonchev–Trinajstić information content (AvgIpc) is 2.85. The standard InChI is InChI=1S/C20H30N2O4/c1-6-26-15-9-7-14(8-10-15)17(13-25-5)22-18(23)16(21-19(22)24)11-12-20(2,3)4/h7-10,16-17H,6,11-13H2,1-5H3,(H,21,24)/t16-,17-/m1/s1. The number of methoxy groups -OCH3 is 1. The molecule has 2 atom stereocenters. The minimum Gasteiger partial charge on any atom is -0.494 e. The summed E-state index contributed by atoms with van der Waals surface area (Å²) in [5.41, 5.74) is 0.953. The molecule has 0 unspecified atom stereocenters. The van der Waals surface area contributed by atoms with E-state index in [-0.39, 0.29) is 24.0 Å². The van der Waals surface area contributed by atoms with Crippen molar-refractivity contribution in [1.82, 2.24) is 10.2 Å². The fraction of sp³-hybridized carbons (Fsp3) is 0.600. The van der Waals surface area contributed by atoms with Crippen molar-refractivity contribution in [3.63, 3.8) is 0 Å². The van der Waals surface area contributed by atoms with Crippen molar-refractivity contribution >= 4 is 11.9 Å². The Balaban J connectivity index is 2.17. The summed E-state index contributed by atoms with van der Waals surface area (Å²) in [5.74, 6) is 0.572. The molecule has 1 saturated heterocycles. The number of hydrogen-bond acceptors (Lipinski definition) is 4. The monoisotopic (exact) mass is 362 g/mol. The van der Waals surface area contributed by atoms with Crippen molar-refractivity contribution in [2.24, 2.45) is 5.41 Å². The molecule has 1 fully saturated rings. The van der Waals surface area contributed by atoms with Crippen molar-refractivity contribution in [2.45, 2.75) is 52.6 Å². The number of carbonyl (C=O) groups excluding carboxylic acids is 2. The van der Waals surface area contributed by atoms with Gasteiger partial charge in [-0.25, -0.2) is 4.79 Å². The van der Waals surface area contributed by atoms with E-state index in [1.54, 1.807) is 7.11 Å². The third-order valence-corrected chi connectivity index (χ3v) is 4.45. The molecule has 1 aromatic carbocycles. The zero-order valence-corrected chi connectivity index (χ0v) is 16.4. The Morgan fingerprint density at radius 3 is 2.38 bits per heavy atom. The number of ether oxygens (including phenoxy) is 2. The van der Waals surface area contributed by atoms with Crippen LogP contribution in [0.1, 0.15) is 52.1 Å². The lowest BCUT2D eigenvalue weighted by Gasteiger charge is -2.25. The molecule has 0 aliphatic carbocycles. The quantitative estimate of drug-likeness (QED) is 0.719. The molecule has 144 valence electrons. The van der Waals surface area contributed by atoms with Crippen LogP contribution in [0.4, 0.5) is 4.79 Å². The predicted molar refractivity (Wildman–Crippen MR) is 100 cm³/mol. The number of nitrogens with zero attached hydrogens (tertiary/aromatic N) is 1. The van der Waals surface area contributed by atoms with Crippen LogP contribution in [-0.4, -0.2) is 43.2 Å². The van der Waals surface area contributed by atoms with Crippen molar-refractivity contribution < 1.29 is 19.1 Å². The number of nitrogens with one attached hydrogen (secondary N) is 1. The van der Waals surface area contributed by atoms with E-state index >= 15 is 0 Å². The van der Waals surface area contributed by atoms with E-state index in [2.05, 4.69) is 26.1 Å². The Hall–Kier alpha value is -2.08. The number of amides is 3. The Labute approximate surface area is 155 Å². The topological polar surface area (TPSA) is 67.9 Å². The molecule has 1 heterocycles. The maximum atomic E-state index is 12.9. The van der Waals surface area contributed by atoms with E-state index in [0.29, 0.717) is 13.0 Å². The minimum absolute atomic E-state index is 0.111. The Morgan fingerprint density at radius 1 is 1.19 bits per heavy atom. The van der Waals surface area contributed by atoms with E-state index in [1.165, 1.54) is 4.90 Å². The lowest BCUT2D eigenvalue weighted by Crippen LogP contribution is -2.37. The molecular formula is C20H30N2O4. The van der Waals surface area contributed by atoms with Gasteiger partial charge in [-0.15, -0.1) is 0 Å². The van der Waals surface area contributed by atoms with Crippen LogP contribution in [0.2, 0.25) is 0 Å². The highest BCUT2D eigenvalue weighted by atomic mass is 16.5. The molecule has 0 saturated carbocycles. The van der Waals surface area contributed by atoms with Crippen LogP contribution < -0.4 is 10.1 Å². The van der Waals surface area contributed by atoms with Crippen LogP contribution in [0.3, 0.4) is 0 Å². The highest BCUT2D eigenvalue weighted by molar-refractivity contribution is 6.04. The van der Waals surface area contributed by atoms with E-state index in [1.807, 2.05) is 31.2 Å². The van der Waals surface area contributed by atoms with E-state index < -0.39 is 12.1 Å². The molecule has 3 amide bonds. The van der Waals surface area contributed by atoms with Gasteiger partial charge in [0.15, 0.2) is 0 Å². The fourth-order valence-electron chi connectivity index (χ4n) is 3.05. The Kier molecular flexibility index (Phi) is 6.64. The second-order valence-corrected chi connectivity index (χ2v) is 7.78. The minimum atomic E-state index is -0.469. The van der Waals surface area contributed by atoms with Gasteiger partial charge < -0.3 is 14.8 Å². The fourth-order valence-corrected chi connectivity index (χ4v) is 3.05. The Morgan fingerprint density at radius 2 is 1.85 bits per heavy atom. The maximum Gasteiger partial charge on any atom is 0.325 e. The molecule has 6 heteroatoms. The van der Waals surface area contributed by atoms with Gasteiger partial charge in [-0.3, -0.25) is 9.69 Å². The molecule has 0 bridgehead atoms. The molecule has 0 aromatic heterocycles. The van der Waals surface area contributed by atoms with Gasteiger partial charge >= 0.3 is 6.03 Å². The molecule has 1 N–H and O–H groups in total. The summed E-state index contributed by atoms with van der Waals surface area (Å²) in [7, 11) is 1.57. The summed E-state index contributed by atoms with van der Waals surface area (Å²) in [6, 6.07) is 6.15. The maximum absolute atomic E-state index is 12.9. The lowest BCUT2D eigenvalue weighted by molar-refractivity contribution is -0.130. The number of hydrogen-bond donors (Lipinski definition) is 1. The SMILES string of the molecule is CCOc1ccc([C@@H](COC)N2C(=O)N[C@H](CCC(C)(C)C)C2=O)cc1. The van der Waals surface area contributed by atoms with Crippen LogP contribution in [0.15, 0.2) is 24.3 Å². The van der Waals surface area contributed by atoms with Gasteiger partial charge in [-0.05, 0) is 42.9 Å². The summed E-state index contributed by atoms with van der Waals surface area (Å²) in [6.07, 6.45) is 1.49. The van der Waals surface area contributed by atoms with E-state index in [0.717, 1.165) is 17.7 Å². The molecule has 2 rings (SSSR count). The molecular weight excluding hydrogens is 332 g/mol. The first-order valence-electron chi connectivity index (χ1n) is 9.12. The predicted octanol–water partition coefficient (Wildman–Crippen LogP) is 3.52. The number of carbonyl (C=O) groups is 2. The lowest BCUT2D eigenvalue weighted by atomic mass is 9.88. The normalized spacial score (nSPS) is 18.8. The van der Waals surface area contributed by atoms with Crippen LogP contribution >= 0.6 is 0 Å². The van der Waals surface area contributed by atoms with Gasteiger partial charge in [0.05, 0.1) is 19.3 Å². The average molecular weight is 362 g/mol. The van der Waals surface area contributed by atoms with Gasteiger partial charge in [-0.1, -0.05) is 32.9 Å². The molecule has 6 nitrogen and oxygen atoms in total. The molecule has 0 spiro atoms. The molecule has 1 aromatic rings. The number of imide groups is 1. The third kappa shape index (κ3) is 4.97. The van der Waals surface area contributed by atoms with Crippen molar-refractivity contribution in [3.8, 4) is 5.75 Å². The van der Waals surface area contributed by atoms with Gasteiger partial charge in [0.2, 0.25) is 0 Å². The highest BCUT2D eigenvalue weighted by Crippen LogP contribution is 2.29. The first-order valence-corrected chi connectivity index (χ1v) is 9.12. The van der Waals surface area contributed by atoms with Crippen LogP contribution in [0, 0.1) is 5.41 Å². The number of rotatable bonds is 8. The van der Waals surface area contributed by atoms with Gasteiger partial charge in [0.25, 0.3) is 5.91 Å². The van der Waals surface area contributed by atoms with Gasteiger partial charge in [0.1, 0.15) is 11.8 Å². The molecule has 0 radical (unpaired) electrons. The Bertz CT molecular complexity index is 622. The zero-order valence-electron chi connectivity index (χ0n) is 16.4. The summed E-state index contributed by atoms with van der Waals surface area (Å²) in [4.78, 5) is 26.6. The molecule has 1 aliphatic rings. The summed E-state index contributed by atoms with van der Waals surface area (Å²) in [6.45, 7) is 9.13. The molecule has 26 heavy (non-hydrogen) atoms. The summed E-state index contributed by atoms with van der Waals surface area (Å²) in [5, 5.41) is 2.82. The zero-order chi connectivity index (χ0) is 19.3. The van der Waals surface area contributed by atoms with E-state index in [4.69, 9.17) is 9.47 Å². The summed E-state index contributed by atoms with van der Waals surface area (Å²) >= 11 is 0. The second kappa shape index (κ2) is 8.54. The first kappa shape index (κ1) is 20.2. The van der Waals surface area contributed by atoms with Gasteiger partial charge in [-0.2, -0.15) is 0 Å². The molecule has 1 aliphatic heterocycles. The van der Waals surface area contributed by atoms with Crippen molar-refractivity contribution in [3.05, 3.63) is 29.8 Å². The smallest absolute Gasteiger partial charge is 0.325 e. The highest BCUT2D eigenvalue weighted by Gasteiger charge is 2.42. The van der Waals surface area contributed by atoms with Gasteiger partial charge in [0, 0.05) is 7.11 Å². The largest absolute Gasteiger partial charge is 0.494 e. The van der Waals surface area contributed by atoms with Crippen LogP contribution in [0.5, 0.6) is 5.75 Å². The van der Waals surface area contributed by atoms with Crippen LogP contribution in [0.25, 0.3) is 0 Å². The van der Waals surface area contributed by atoms with Crippen molar-refractivity contribution in [2.75, 3.05) is 20.3 Å². The van der Waals surface area contributed by atoms with E-state index in [9.17, 15) is 9.59 Å². The third-order valence-electron chi connectivity index (χ3n) is 4.45. The van der Waals surface area contributed by atoms with Crippen LogP contribution in [-0.2, 0) is 9.53 Å². The number of urea groups is 1. The van der Waals surface area contributed by atoms with Crippen molar-refractivity contribution in [1.29, 1.82) is 0 Å². The first-order chi connectivity index (χ1) is 12.3.